The van der Waals surface area contributed by atoms with Crippen molar-refractivity contribution in [3.05, 3.63) is 74.8 Å². The number of nitrogens with zero attached hydrogens (tertiary/aromatic N) is 1. The van der Waals surface area contributed by atoms with Crippen LogP contribution >= 0.6 is 11.6 Å². The zero-order valence-corrected chi connectivity index (χ0v) is 12.0. The molecule has 1 amide bonds. The number of halogens is 1. The summed E-state index contributed by atoms with van der Waals surface area (Å²) in [6.07, 6.45) is 0. The smallest absolute Gasteiger partial charge is 0.282 e. The molecule has 0 heterocycles. The fraction of sp³-hybridized carbons (Fsp3) is 0.133. The molecule has 0 saturated heterocycles. The number of nitro groups is 1. The number of nitrogens with one attached hydrogen (secondary N) is 1. The fourth-order valence-corrected chi connectivity index (χ4v) is 2.06. The van der Waals surface area contributed by atoms with Gasteiger partial charge in [-0.3, -0.25) is 14.9 Å². The molecule has 6 heteroatoms. The lowest BCUT2D eigenvalue weighted by molar-refractivity contribution is -0.385. The molecule has 1 N–H and O–H groups in total. The van der Waals surface area contributed by atoms with Gasteiger partial charge < -0.3 is 5.32 Å². The molecule has 0 aliphatic rings. The van der Waals surface area contributed by atoms with Crippen molar-refractivity contribution in [1.29, 1.82) is 0 Å². The van der Waals surface area contributed by atoms with Crippen LogP contribution in [-0.4, -0.2) is 10.8 Å². The molecule has 0 fully saturated rings. The van der Waals surface area contributed by atoms with Gasteiger partial charge in [0.15, 0.2) is 0 Å². The maximum atomic E-state index is 12.2. The van der Waals surface area contributed by atoms with Gasteiger partial charge in [-0.15, -0.1) is 0 Å². The Balaban J connectivity index is 2.18. The van der Waals surface area contributed by atoms with Crippen molar-refractivity contribution in [2.75, 3.05) is 0 Å². The van der Waals surface area contributed by atoms with Gasteiger partial charge >= 0.3 is 0 Å². The van der Waals surface area contributed by atoms with E-state index < -0.39 is 10.8 Å². The number of para-hydroxylation sites is 1. The van der Waals surface area contributed by atoms with Crippen molar-refractivity contribution in [2.24, 2.45) is 0 Å². The highest BCUT2D eigenvalue weighted by molar-refractivity contribution is 6.30. The summed E-state index contributed by atoms with van der Waals surface area (Å²) >= 11 is 5.81. The Morgan fingerprint density at radius 1 is 1.19 bits per heavy atom. The van der Waals surface area contributed by atoms with E-state index >= 15 is 0 Å². The summed E-state index contributed by atoms with van der Waals surface area (Å²) in [6.45, 7) is 1.80. The molecule has 0 aromatic heterocycles. The van der Waals surface area contributed by atoms with E-state index in [1.54, 1.807) is 37.3 Å². The summed E-state index contributed by atoms with van der Waals surface area (Å²) in [4.78, 5) is 22.5. The largest absolute Gasteiger partial charge is 0.345 e. The van der Waals surface area contributed by atoms with Crippen LogP contribution in [0.15, 0.2) is 48.5 Å². The molecule has 0 radical (unpaired) electrons. The number of hydrogen-bond acceptors (Lipinski definition) is 3. The van der Waals surface area contributed by atoms with Crippen LogP contribution in [0.2, 0.25) is 5.02 Å². The first-order valence-electron chi connectivity index (χ1n) is 6.29. The zero-order valence-electron chi connectivity index (χ0n) is 11.2. The van der Waals surface area contributed by atoms with Crippen molar-refractivity contribution < 1.29 is 9.72 Å². The molecule has 0 unspecified atom stereocenters. The van der Waals surface area contributed by atoms with Gasteiger partial charge in [0.25, 0.3) is 11.6 Å². The first-order chi connectivity index (χ1) is 9.99. The molecule has 0 bridgehead atoms. The molecule has 2 aromatic rings. The Morgan fingerprint density at radius 3 is 2.43 bits per heavy atom. The zero-order chi connectivity index (χ0) is 15.4. The van der Waals surface area contributed by atoms with Crippen LogP contribution in [0.4, 0.5) is 5.69 Å². The van der Waals surface area contributed by atoms with Gasteiger partial charge in [0.1, 0.15) is 5.56 Å². The standard InChI is InChI=1S/C15H13ClN2O3/c1-10(11-6-8-12(16)9-7-11)17-15(19)13-4-2-3-5-14(13)18(20)21/h2-10H,1H3,(H,17,19)/t10-/m0/s1. The van der Waals surface area contributed by atoms with Crippen molar-refractivity contribution in [2.45, 2.75) is 13.0 Å². The fourth-order valence-electron chi connectivity index (χ4n) is 1.93. The molecule has 0 aliphatic heterocycles. The number of carbonyl (C=O) groups is 1. The quantitative estimate of drug-likeness (QED) is 0.691. The van der Waals surface area contributed by atoms with Crippen LogP contribution in [0, 0.1) is 10.1 Å². The summed E-state index contributed by atoms with van der Waals surface area (Å²) in [7, 11) is 0. The average Bonchev–Trinajstić information content (AvgIpc) is 2.47. The summed E-state index contributed by atoms with van der Waals surface area (Å²) in [5, 5.41) is 14.3. The van der Waals surface area contributed by atoms with Crippen LogP contribution in [-0.2, 0) is 0 Å². The molecule has 21 heavy (non-hydrogen) atoms. The first-order valence-corrected chi connectivity index (χ1v) is 6.66. The predicted octanol–water partition coefficient (Wildman–Crippen LogP) is 3.74. The molecule has 108 valence electrons. The van der Waals surface area contributed by atoms with Crippen LogP contribution in [0.5, 0.6) is 0 Å². The van der Waals surface area contributed by atoms with Gasteiger partial charge in [0.05, 0.1) is 11.0 Å². The van der Waals surface area contributed by atoms with Crippen LogP contribution < -0.4 is 5.32 Å². The Labute approximate surface area is 126 Å². The van der Waals surface area contributed by atoms with Gasteiger partial charge in [-0.1, -0.05) is 35.9 Å². The van der Waals surface area contributed by atoms with Crippen LogP contribution in [0.1, 0.15) is 28.9 Å². The molecule has 5 nitrogen and oxygen atoms in total. The molecular weight excluding hydrogens is 292 g/mol. The molecular formula is C15H13ClN2O3. The van der Waals surface area contributed by atoms with Gasteiger partial charge in [-0.2, -0.15) is 0 Å². The maximum Gasteiger partial charge on any atom is 0.282 e. The Kier molecular flexibility index (Phi) is 4.55. The number of carbonyl (C=O) groups excluding carboxylic acids is 1. The summed E-state index contributed by atoms with van der Waals surface area (Å²) in [6, 6.07) is 12.6. The van der Waals surface area contributed by atoms with E-state index in [9.17, 15) is 14.9 Å². The first kappa shape index (κ1) is 15.0. The monoisotopic (exact) mass is 304 g/mol. The third-order valence-corrected chi connectivity index (χ3v) is 3.31. The number of hydrogen-bond donors (Lipinski definition) is 1. The minimum Gasteiger partial charge on any atom is -0.345 e. The average molecular weight is 305 g/mol. The van der Waals surface area contributed by atoms with E-state index in [-0.39, 0.29) is 17.3 Å². The number of nitro benzene ring substituents is 1. The lowest BCUT2D eigenvalue weighted by atomic mass is 10.1. The Bertz CT molecular complexity index is 671. The number of rotatable bonds is 4. The molecule has 1 atom stereocenters. The topological polar surface area (TPSA) is 72.2 Å². The summed E-state index contributed by atoms with van der Waals surface area (Å²) in [5.74, 6) is -0.482. The number of benzene rings is 2. The Hall–Kier alpha value is -2.40. The number of amides is 1. The SMILES string of the molecule is C[C@H](NC(=O)c1ccccc1[N+](=O)[O-])c1ccc(Cl)cc1. The van der Waals surface area contributed by atoms with Crippen molar-refractivity contribution in [1.82, 2.24) is 5.32 Å². The minimum absolute atomic E-state index is 0.0447. The van der Waals surface area contributed by atoms with Gasteiger partial charge in [-0.05, 0) is 30.7 Å². The molecule has 2 rings (SSSR count). The van der Waals surface area contributed by atoms with Crippen molar-refractivity contribution in [3.63, 3.8) is 0 Å². The summed E-state index contributed by atoms with van der Waals surface area (Å²) in [5.41, 5.74) is 0.702. The van der Waals surface area contributed by atoms with Crippen molar-refractivity contribution in [3.8, 4) is 0 Å². The van der Waals surface area contributed by atoms with Crippen LogP contribution in [0.3, 0.4) is 0 Å². The highest BCUT2D eigenvalue weighted by Gasteiger charge is 2.20. The van der Waals surface area contributed by atoms with E-state index in [4.69, 9.17) is 11.6 Å². The highest BCUT2D eigenvalue weighted by Crippen LogP contribution is 2.20. The predicted molar refractivity (Wildman–Crippen MR) is 80.4 cm³/mol. The second-order valence-electron chi connectivity index (χ2n) is 4.52. The van der Waals surface area contributed by atoms with Gasteiger partial charge in [0, 0.05) is 11.1 Å². The van der Waals surface area contributed by atoms with E-state index in [0.717, 1.165) is 5.56 Å². The molecule has 0 spiro atoms. The molecule has 2 aromatic carbocycles. The third-order valence-electron chi connectivity index (χ3n) is 3.06. The van der Waals surface area contributed by atoms with E-state index in [2.05, 4.69) is 5.32 Å². The molecule has 0 aliphatic carbocycles. The van der Waals surface area contributed by atoms with E-state index in [1.807, 2.05) is 0 Å². The lowest BCUT2D eigenvalue weighted by Gasteiger charge is -2.14. The minimum atomic E-state index is -0.568. The second kappa shape index (κ2) is 6.37. The van der Waals surface area contributed by atoms with E-state index in [1.165, 1.54) is 18.2 Å². The molecule has 0 saturated carbocycles. The highest BCUT2D eigenvalue weighted by atomic mass is 35.5. The maximum absolute atomic E-state index is 12.2. The summed E-state index contributed by atoms with van der Waals surface area (Å²) < 4.78 is 0. The Morgan fingerprint density at radius 2 is 1.81 bits per heavy atom. The van der Waals surface area contributed by atoms with Crippen molar-refractivity contribution >= 4 is 23.2 Å². The van der Waals surface area contributed by atoms with Gasteiger partial charge in [-0.25, -0.2) is 0 Å². The second-order valence-corrected chi connectivity index (χ2v) is 4.96. The third kappa shape index (κ3) is 3.58. The van der Waals surface area contributed by atoms with E-state index in [0.29, 0.717) is 5.02 Å². The lowest BCUT2D eigenvalue weighted by Crippen LogP contribution is -2.27. The van der Waals surface area contributed by atoms with Crippen LogP contribution in [0.25, 0.3) is 0 Å². The van der Waals surface area contributed by atoms with Gasteiger partial charge in [0.2, 0.25) is 0 Å². The normalized spacial score (nSPS) is 11.7.